The van der Waals surface area contributed by atoms with Crippen LogP contribution in [0.25, 0.3) is 0 Å². The Morgan fingerprint density at radius 3 is 0.841 bits per heavy atom. The summed E-state index contributed by atoms with van der Waals surface area (Å²) in [7, 11) is 0. The Hall–Kier alpha value is -9.90. The topological polar surface area (TPSA) is 846 Å². The molecule has 0 aromatic carbocycles. The maximum Gasteiger partial charge on any atom is 0.351 e. The summed E-state index contributed by atoms with van der Waals surface area (Å²) in [6, 6.07) is 2.36. The highest BCUT2D eigenvalue weighted by Gasteiger charge is 2.50. The second kappa shape index (κ2) is 49.4. The number of aromatic nitrogens is 10. The summed E-state index contributed by atoms with van der Waals surface area (Å²) < 4.78 is 57.0. The predicted octanol–water partition coefficient (Wildman–Crippen LogP) is -8.81. The van der Waals surface area contributed by atoms with Gasteiger partial charge in [0.2, 0.25) is 0 Å². The minimum atomic E-state index is -1.44. The number of thioether (sulfide) groups is 1. The van der Waals surface area contributed by atoms with Gasteiger partial charge in [-0.2, -0.15) is 36.7 Å². The van der Waals surface area contributed by atoms with Crippen LogP contribution in [0.4, 0.5) is 29.1 Å². The first-order chi connectivity index (χ1) is 59.5. The molecule has 706 valence electrons. The van der Waals surface area contributed by atoms with Crippen LogP contribution < -0.4 is 84.5 Å². The quantitative estimate of drug-likeness (QED) is 0.0105. The molecule has 56 heteroatoms. The fourth-order valence-corrected chi connectivity index (χ4v) is 12.4. The number of nitrogens with zero attached hydrogens (tertiary/aromatic N) is 10. The molecule has 10 heterocycles. The van der Waals surface area contributed by atoms with Gasteiger partial charge in [-0.25, -0.2) is 24.0 Å². The van der Waals surface area contributed by atoms with Gasteiger partial charge >= 0.3 is 58.3 Å². The molecule has 10 rings (SSSR count). The number of aliphatic hydroxyl groups is 10. The molecule has 0 saturated carbocycles. The number of anilines is 5. The lowest BCUT2D eigenvalue weighted by atomic mass is 10.0. The highest BCUT2D eigenvalue weighted by atomic mass is 32.2. The van der Waals surface area contributed by atoms with Crippen LogP contribution in [0.15, 0.2) is 85.3 Å². The monoisotopic (exact) mass is 1820 g/mol. The Bertz CT molecular complexity index is 4640. The zero-order chi connectivity index (χ0) is 94.0. The predicted molar refractivity (Wildman–Crippen MR) is 426 cm³/mol. The Balaban J connectivity index is 0.000000243. The van der Waals surface area contributed by atoms with Gasteiger partial charge in [0.15, 0.2) is 60.2 Å². The third kappa shape index (κ3) is 28.1. The number of rotatable bonds is 33. The number of esters is 5. The normalized spacial score (nSPS) is 27.3. The van der Waals surface area contributed by atoms with Crippen LogP contribution in [-0.4, -0.2) is 322 Å². The number of nitrogens with one attached hydrogen (secondary N) is 5. The van der Waals surface area contributed by atoms with Crippen molar-refractivity contribution < 1.29 is 148 Å². The minimum Gasteiger partial charge on any atom is -0.462 e. The first-order valence-corrected chi connectivity index (χ1v) is 40.1. The molecule has 5 fully saturated rings. The smallest absolute Gasteiger partial charge is 0.351 e. The van der Waals surface area contributed by atoms with Crippen LogP contribution >= 0.6 is 11.8 Å². The molecule has 5 aromatic rings. The molecule has 0 amide bonds. The molecule has 0 aliphatic carbocycles. The first-order valence-electron chi connectivity index (χ1n) is 38.7. The van der Waals surface area contributed by atoms with Crippen LogP contribution in [0.1, 0.15) is 98.9 Å². The number of carbonyl (C=O) groups excluding carboxylic acids is 5. The van der Waals surface area contributed by atoms with E-state index in [4.69, 9.17) is 102 Å². The van der Waals surface area contributed by atoms with Crippen LogP contribution in [0, 0.1) is 17.8 Å². The van der Waals surface area contributed by atoms with E-state index < -0.39 is 211 Å². The van der Waals surface area contributed by atoms with Crippen LogP contribution in [0.3, 0.4) is 0 Å². The number of ether oxygens (including phenoxy) is 10. The van der Waals surface area contributed by atoms with Gasteiger partial charge in [0.1, 0.15) is 155 Å². The molecule has 0 unspecified atom stereocenters. The number of nitrogens with two attached hydrogens (primary N) is 5. The molecule has 26 atom stereocenters. The number of aliphatic hydroxyl groups excluding tert-OH is 10. The maximum atomic E-state index is 11.9. The second-order valence-corrected chi connectivity index (χ2v) is 30.5. The molecule has 55 nitrogen and oxygen atoms in total. The van der Waals surface area contributed by atoms with E-state index in [0.29, 0.717) is 25.0 Å². The van der Waals surface area contributed by atoms with Gasteiger partial charge in [-0.1, -0.05) is 48.0 Å². The average molecular weight is 1820 g/mol. The second-order valence-electron chi connectivity index (χ2n) is 29.5. The van der Waals surface area contributed by atoms with E-state index in [0.717, 1.165) is 22.8 Å². The SMILES string of the molecule is CC(C)C[C@@H](N)C(=O)OC[C@H]1O[C@@H](n2ccc(NO)nc2=O)[C@H](O)[C@@H]1O.CC(C)[C@@H](N)C(=O)OC[C@H]1O[C@@H](n2ccc(NO)nc2=O)[C@H](O)[C@@H]1O.CC[C@@H](C)[C@@H](N)C(=O)OC[C@H]1O[C@@H](n2ccc(NO)nc2=O)[C@H](O)[C@@H]1O.CSCC[C@@H](N)C(=O)OC[C@H]1O[C@@H](n2ccc(NO)nc2=O)[C@H](O)[C@@H]1O.C[C@@H](N)C(=O)OC[C@H]1O[C@@H](n2ccc(NO)nc2=O)[C@H](O)[C@@H]1O. The Morgan fingerprint density at radius 2 is 0.627 bits per heavy atom. The van der Waals surface area contributed by atoms with Crippen molar-refractivity contribution in [2.45, 2.75) is 221 Å². The molecule has 0 spiro atoms. The van der Waals surface area contributed by atoms with Gasteiger partial charge in [-0.05, 0) is 79.9 Å². The molecule has 0 bridgehead atoms. The molecule has 0 radical (unpaired) electrons. The van der Waals surface area contributed by atoms with Crippen molar-refractivity contribution in [2.24, 2.45) is 46.4 Å². The summed E-state index contributed by atoms with van der Waals surface area (Å²) in [6.45, 7) is 10.9. The maximum absolute atomic E-state index is 11.9. The van der Waals surface area contributed by atoms with E-state index in [-0.39, 0.29) is 79.9 Å². The van der Waals surface area contributed by atoms with Crippen molar-refractivity contribution in [3.63, 3.8) is 0 Å². The fourth-order valence-electron chi connectivity index (χ4n) is 11.9. The van der Waals surface area contributed by atoms with Crippen LogP contribution in [-0.2, 0) is 71.3 Å². The third-order valence-corrected chi connectivity index (χ3v) is 20.2. The van der Waals surface area contributed by atoms with E-state index in [1.165, 1.54) is 68.2 Å². The lowest BCUT2D eigenvalue weighted by molar-refractivity contribution is -0.153. The van der Waals surface area contributed by atoms with Crippen molar-refractivity contribution in [2.75, 3.05) is 72.4 Å². The lowest BCUT2D eigenvalue weighted by Gasteiger charge is -2.19. The van der Waals surface area contributed by atoms with E-state index in [2.05, 4.69) is 24.9 Å². The summed E-state index contributed by atoms with van der Waals surface area (Å²) in [5.41, 5.74) is 32.8. The Morgan fingerprint density at radius 1 is 0.389 bits per heavy atom. The van der Waals surface area contributed by atoms with Gasteiger partial charge in [-0.3, -0.25) is 100 Å². The standard InChI is InChI=1S/2C15H24N4O7.C14H22N4O7S.C14H22N4O7.C12H18N4O7/c1-7(2)5-8(16)14(22)25-6-9-11(20)12(21)13(26-9)19-4-3-10(18-24)17-15(19)23;1-3-7(2)10(16)14(22)25-6-8-11(20)12(21)13(26-8)19-5-4-9(18-24)17-15(19)23;1-26-5-3-7(15)13(21)24-6-8-10(19)11(20)12(25-8)18-4-2-9(17-23)16-14(18)22;1-6(2)9(15)13(21)24-5-7-10(19)11(20)12(25-7)18-4-3-8(17-23)16-14(18)22;1-5(13)11(19)22-4-6-8(17)9(18)10(23-6)16-3-2-7(15-21)14-12(16)20/h3-4,7-9,11-13,20-21,24H,5-6,16H2,1-2H3,(H,17,18,23);4-5,7-8,10-13,20-21,24H,3,6,16H2,1-2H3,(H,17,18,23);2,4,7-8,10-12,19-20,23H,3,5-6,15H2,1H3,(H,16,17,22);3-4,6-7,9-12,19-20,23H,5,15H2,1-2H3,(H,16,17,22);2-3,5-6,8-10,17-18,21H,4,13H2,1H3,(H,14,15,20)/t8-,9-,11-,12-,13-;7-,8-,10-,11-,12-,13-;7-,8-,10-,11-,12-;7-,9-,10-,11-,12-;5-,6-,8-,9-,10-/m11111/s1. The average Bonchev–Trinajstić information content (AvgIpc) is 1.67. The summed E-state index contributed by atoms with van der Waals surface area (Å²) >= 11 is 1.55. The minimum absolute atomic E-state index is 0.0708. The van der Waals surface area contributed by atoms with E-state index in [9.17, 15) is 99.0 Å². The fraction of sp³-hybridized carbons (Fsp3) is 0.643. The van der Waals surface area contributed by atoms with Crippen LogP contribution in [0.2, 0.25) is 0 Å². The van der Waals surface area contributed by atoms with E-state index in [1.807, 2.05) is 34.0 Å². The summed E-state index contributed by atoms with van der Waals surface area (Å²) in [4.78, 5) is 136. The number of carbonyl (C=O) groups is 5. The largest absolute Gasteiger partial charge is 0.462 e. The van der Waals surface area contributed by atoms with Gasteiger partial charge in [0, 0.05) is 31.0 Å². The zero-order valence-electron chi connectivity index (χ0n) is 68.9. The third-order valence-electron chi connectivity index (χ3n) is 19.6. The molecule has 30 N–H and O–H groups in total. The zero-order valence-corrected chi connectivity index (χ0v) is 69.8. The van der Waals surface area contributed by atoms with Gasteiger partial charge in [0.05, 0.1) is 0 Å². The number of hydrogen-bond acceptors (Lipinski definition) is 51. The van der Waals surface area contributed by atoms with Crippen molar-refractivity contribution in [1.29, 1.82) is 0 Å². The van der Waals surface area contributed by atoms with Crippen molar-refractivity contribution in [3.05, 3.63) is 114 Å². The van der Waals surface area contributed by atoms with Crippen molar-refractivity contribution in [3.8, 4) is 0 Å². The van der Waals surface area contributed by atoms with Crippen LogP contribution in [0.5, 0.6) is 0 Å². The van der Waals surface area contributed by atoms with Gasteiger partial charge in [0.25, 0.3) is 0 Å². The highest BCUT2D eigenvalue weighted by molar-refractivity contribution is 7.98. The molecule has 5 aliphatic heterocycles. The summed E-state index contributed by atoms with van der Waals surface area (Å²) in [5.74, 6) is -2.92. The summed E-state index contributed by atoms with van der Waals surface area (Å²) in [5, 5.41) is 144. The number of hydrogen-bond donors (Lipinski definition) is 25. The van der Waals surface area contributed by atoms with Crippen molar-refractivity contribution >= 4 is 70.7 Å². The Labute approximate surface area is 717 Å². The summed E-state index contributed by atoms with van der Waals surface area (Å²) in [6.07, 6.45) is -15.6. The van der Waals surface area contributed by atoms with E-state index >= 15 is 0 Å². The molecule has 5 aromatic heterocycles. The highest BCUT2D eigenvalue weighted by Crippen LogP contribution is 2.34. The van der Waals surface area contributed by atoms with E-state index in [1.54, 1.807) is 53.0 Å². The molecule has 5 saturated heterocycles. The van der Waals surface area contributed by atoms with Crippen molar-refractivity contribution in [1.82, 2.24) is 47.8 Å². The first kappa shape index (κ1) is 105. The van der Waals surface area contributed by atoms with Gasteiger partial charge in [-0.15, -0.1) is 0 Å². The Kier molecular flexibility index (Phi) is 41.2. The molecular formula is C70H110N20O35S. The lowest BCUT2D eigenvalue weighted by Crippen LogP contribution is -2.41. The molecule has 5 aliphatic rings. The molecular weight excluding hydrogens is 1710 g/mol. The molecule has 126 heavy (non-hydrogen) atoms. The van der Waals surface area contributed by atoms with Gasteiger partial charge < -0.3 is 127 Å².